The third kappa shape index (κ3) is 0.973. The number of anilines is 1. The molecule has 0 unspecified atom stereocenters. The molecule has 0 saturated carbocycles. The summed E-state index contributed by atoms with van der Waals surface area (Å²) in [5.74, 6) is 5.67. The van der Waals surface area contributed by atoms with Crippen LogP contribution < -0.4 is 11.3 Å². The maximum absolute atomic E-state index is 5.61. The molecular formula is C5H5ClN6. The van der Waals surface area contributed by atoms with E-state index in [9.17, 15) is 0 Å². The largest absolute Gasteiger partial charge is 0.324 e. The van der Waals surface area contributed by atoms with Crippen molar-refractivity contribution in [2.45, 2.75) is 0 Å². The van der Waals surface area contributed by atoms with Crippen LogP contribution in [0.25, 0.3) is 11.2 Å². The van der Waals surface area contributed by atoms with Gasteiger partial charge in [-0.1, -0.05) is 0 Å². The zero-order valence-corrected chi connectivity index (χ0v) is 6.63. The first kappa shape index (κ1) is 7.26. The highest BCUT2D eigenvalue weighted by Gasteiger charge is 2.06. The van der Waals surface area contributed by atoms with Crippen LogP contribution in [0.1, 0.15) is 0 Å². The zero-order chi connectivity index (χ0) is 8.55. The Hall–Kier alpha value is -1.40. The Labute approximate surface area is 72.1 Å². The molecule has 0 spiro atoms. The highest BCUT2D eigenvalue weighted by Crippen LogP contribution is 2.16. The summed E-state index contributed by atoms with van der Waals surface area (Å²) in [7, 11) is 0. The number of aromatic nitrogens is 4. The molecule has 0 bridgehead atoms. The highest BCUT2D eigenvalue weighted by molar-refractivity contribution is 6.29. The molecule has 12 heavy (non-hydrogen) atoms. The number of imidazole rings is 1. The minimum absolute atomic E-state index is 0.266. The Kier molecular flexibility index (Phi) is 1.56. The van der Waals surface area contributed by atoms with E-state index in [2.05, 4.69) is 25.4 Å². The zero-order valence-electron chi connectivity index (χ0n) is 5.87. The maximum atomic E-state index is 5.61. The summed E-state index contributed by atoms with van der Waals surface area (Å²) in [6.45, 7) is 0. The number of rotatable bonds is 1. The van der Waals surface area contributed by atoms with E-state index in [1.807, 2.05) is 0 Å². The van der Waals surface area contributed by atoms with Crippen LogP contribution in [0, 0.1) is 0 Å². The van der Waals surface area contributed by atoms with Crippen molar-refractivity contribution in [2.75, 3.05) is 5.43 Å². The second-order valence-electron chi connectivity index (χ2n) is 2.09. The molecule has 2 aromatic rings. The van der Waals surface area contributed by atoms with Gasteiger partial charge in [-0.25, -0.2) is 15.8 Å². The van der Waals surface area contributed by atoms with Crippen molar-refractivity contribution in [2.24, 2.45) is 5.84 Å². The van der Waals surface area contributed by atoms with Crippen LogP contribution in [0.2, 0.25) is 5.28 Å². The average Bonchev–Trinajstić information content (AvgIpc) is 2.44. The number of hydrogen-bond acceptors (Lipinski definition) is 5. The van der Waals surface area contributed by atoms with Gasteiger partial charge in [0, 0.05) is 0 Å². The summed E-state index contributed by atoms with van der Waals surface area (Å²) in [6.07, 6.45) is 1.36. The monoisotopic (exact) mass is 184 g/mol. The normalized spacial score (nSPS) is 10.5. The maximum Gasteiger partial charge on any atom is 0.202 e. The SMILES string of the molecule is NNc1ncnc2nc(Cl)[nH]c12. The van der Waals surface area contributed by atoms with E-state index in [0.29, 0.717) is 17.0 Å². The molecule has 0 aromatic carbocycles. The third-order valence-electron chi connectivity index (χ3n) is 1.40. The van der Waals surface area contributed by atoms with Crippen LogP contribution in [0.15, 0.2) is 6.33 Å². The molecule has 0 saturated heterocycles. The van der Waals surface area contributed by atoms with E-state index < -0.39 is 0 Å². The molecule has 0 atom stereocenters. The molecule has 2 aromatic heterocycles. The van der Waals surface area contributed by atoms with Crippen LogP contribution in [0.5, 0.6) is 0 Å². The van der Waals surface area contributed by atoms with Crippen molar-refractivity contribution in [3.8, 4) is 0 Å². The van der Waals surface area contributed by atoms with E-state index in [1.54, 1.807) is 0 Å². The van der Waals surface area contributed by atoms with Gasteiger partial charge >= 0.3 is 0 Å². The fourth-order valence-electron chi connectivity index (χ4n) is 0.910. The number of hydrogen-bond donors (Lipinski definition) is 3. The first-order valence-corrected chi connectivity index (χ1v) is 3.52. The predicted molar refractivity (Wildman–Crippen MR) is 44.5 cm³/mol. The van der Waals surface area contributed by atoms with Gasteiger partial charge in [-0.2, -0.15) is 4.98 Å². The van der Waals surface area contributed by atoms with Crippen molar-refractivity contribution >= 4 is 28.6 Å². The lowest BCUT2D eigenvalue weighted by Crippen LogP contribution is -2.09. The Balaban J connectivity index is 2.78. The average molecular weight is 185 g/mol. The lowest BCUT2D eigenvalue weighted by atomic mass is 10.5. The number of halogens is 1. The van der Waals surface area contributed by atoms with Crippen LogP contribution in [0.3, 0.4) is 0 Å². The molecule has 2 rings (SSSR count). The van der Waals surface area contributed by atoms with Crippen molar-refractivity contribution in [3.63, 3.8) is 0 Å². The van der Waals surface area contributed by atoms with E-state index in [4.69, 9.17) is 17.4 Å². The Morgan fingerprint density at radius 1 is 1.50 bits per heavy atom. The van der Waals surface area contributed by atoms with Crippen molar-refractivity contribution in [3.05, 3.63) is 11.6 Å². The molecule has 0 radical (unpaired) electrons. The first-order valence-electron chi connectivity index (χ1n) is 3.14. The van der Waals surface area contributed by atoms with Crippen LogP contribution in [-0.4, -0.2) is 19.9 Å². The van der Waals surface area contributed by atoms with E-state index >= 15 is 0 Å². The number of H-pyrrole nitrogens is 1. The van der Waals surface area contributed by atoms with Crippen LogP contribution in [0.4, 0.5) is 5.82 Å². The number of nitrogens with one attached hydrogen (secondary N) is 2. The lowest BCUT2D eigenvalue weighted by Gasteiger charge is -1.96. The Morgan fingerprint density at radius 3 is 3.08 bits per heavy atom. The molecule has 0 aliphatic rings. The summed E-state index contributed by atoms with van der Waals surface area (Å²) in [4.78, 5) is 14.4. The molecule has 0 amide bonds. The summed E-state index contributed by atoms with van der Waals surface area (Å²) >= 11 is 5.61. The van der Waals surface area contributed by atoms with E-state index in [1.165, 1.54) is 6.33 Å². The lowest BCUT2D eigenvalue weighted by molar-refractivity contribution is 1.17. The first-order chi connectivity index (χ1) is 5.81. The van der Waals surface area contributed by atoms with Gasteiger partial charge in [0.1, 0.15) is 11.8 Å². The molecule has 7 heteroatoms. The fraction of sp³-hybridized carbons (Fsp3) is 0. The Morgan fingerprint density at radius 2 is 2.33 bits per heavy atom. The molecule has 0 aliphatic carbocycles. The molecular weight excluding hydrogens is 180 g/mol. The quantitative estimate of drug-likeness (QED) is 0.337. The number of nitrogens with two attached hydrogens (primary N) is 1. The van der Waals surface area contributed by atoms with Gasteiger partial charge in [-0.15, -0.1) is 0 Å². The fourth-order valence-corrected chi connectivity index (χ4v) is 1.08. The van der Waals surface area contributed by atoms with Crippen molar-refractivity contribution in [1.29, 1.82) is 0 Å². The third-order valence-corrected chi connectivity index (χ3v) is 1.58. The van der Waals surface area contributed by atoms with Gasteiger partial charge in [0.15, 0.2) is 11.5 Å². The highest BCUT2D eigenvalue weighted by atomic mass is 35.5. The number of nitrogen functional groups attached to an aromatic ring is 1. The summed E-state index contributed by atoms with van der Waals surface area (Å²) in [5, 5.41) is 0.266. The number of fused-ring (bicyclic) bond motifs is 1. The van der Waals surface area contributed by atoms with Gasteiger partial charge in [0.2, 0.25) is 5.28 Å². The van der Waals surface area contributed by atoms with Crippen molar-refractivity contribution < 1.29 is 0 Å². The van der Waals surface area contributed by atoms with Gasteiger partial charge in [-0.05, 0) is 11.6 Å². The standard InChI is InChI=1S/C5H5ClN6/c6-5-10-2-3(11-5)8-1-9-4(2)12-7/h1H,7H2,(H2,8,9,10,11,12). The van der Waals surface area contributed by atoms with Crippen LogP contribution >= 0.6 is 11.6 Å². The minimum atomic E-state index is 0.266. The Bertz CT molecular complexity index is 409. The number of hydrazine groups is 1. The van der Waals surface area contributed by atoms with E-state index in [0.717, 1.165) is 0 Å². The minimum Gasteiger partial charge on any atom is -0.324 e. The second kappa shape index (κ2) is 2.58. The van der Waals surface area contributed by atoms with Gasteiger partial charge in [0.25, 0.3) is 0 Å². The van der Waals surface area contributed by atoms with Gasteiger partial charge < -0.3 is 10.4 Å². The van der Waals surface area contributed by atoms with E-state index in [-0.39, 0.29) is 5.28 Å². The topological polar surface area (TPSA) is 92.5 Å². The molecule has 0 aliphatic heterocycles. The summed E-state index contributed by atoms with van der Waals surface area (Å²) in [6, 6.07) is 0. The number of aromatic amines is 1. The molecule has 2 heterocycles. The smallest absolute Gasteiger partial charge is 0.202 e. The summed E-state index contributed by atoms with van der Waals surface area (Å²) in [5.41, 5.74) is 3.49. The second-order valence-corrected chi connectivity index (χ2v) is 2.45. The van der Waals surface area contributed by atoms with Crippen molar-refractivity contribution in [1.82, 2.24) is 19.9 Å². The molecule has 0 fully saturated rings. The molecule has 4 N–H and O–H groups in total. The summed E-state index contributed by atoms with van der Waals surface area (Å²) < 4.78 is 0. The number of nitrogens with zero attached hydrogens (tertiary/aromatic N) is 3. The van der Waals surface area contributed by atoms with Crippen LogP contribution in [-0.2, 0) is 0 Å². The van der Waals surface area contributed by atoms with Gasteiger partial charge in [0.05, 0.1) is 0 Å². The molecule has 6 nitrogen and oxygen atoms in total. The van der Waals surface area contributed by atoms with Gasteiger partial charge in [-0.3, -0.25) is 0 Å². The predicted octanol–water partition coefficient (Wildman–Crippen LogP) is 0.292. The molecule has 62 valence electrons.